The molecule has 0 bridgehead atoms. The van der Waals surface area contributed by atoms with Gasteiger partial charge in [-0.3, -0.25) is 0 Å². The lowest BCUT2D eigenvalue weighted by atomic mass is 10.2. The Bertz CT molecular complexity index is 189. The van der Waals surface area contributed by atoms with E-state index in [0.717, 1.165) is 0 Å². The van der Waals surface area contributed by atoms with E-state index in [-0.39, 0.29) is 6.54 Å². The third kappa shape index (κ3) is 5.77. The number of nitrogens with two attached hydrogens (primary N) is 1. The van der Waals surface area contributed by atoms with Crippen molar-refractivity contribution in [3.8, 4) is 0 Å². The molecule has 0 aliphatic heterocycles. The number of ether oxygens (including phenoxy) is 1. The van der Waals surface area contributed by atoms with Gasteiger partial charge in [0.05, 0.1) is 12.1 Å². The van der Waals surface area contributed by atoms with Gasteiger partial charge >= 0.3 is 6.09 Å². The summed E-state index contributed by atoms with van der Waals surface area (Å²) < 4.78 is 5.00. The van der Waals surface area contributed by atoms with Gasteiger partial charge in [-0.25, -0.2) is 4.79 Å². The Labute approximate surface area is 84.6 Å². The van der Waals surface area contributed by atoms with Crippen LogP contribution in [0.4, 0.5) is 4.79 Å². The SMILES string of the molecule is C[C@H](NC(=O)OC(C)(C)C)C(O)CN. The fourth-order valence-corrected chi connectivity index (χ4v) is 0.794. The molecule has 84 valence electrons. The maximum absolute atomic E-state index is 11.2. The minimum Gasteiger partial charge on any atom is -0.444 e. The van der Waals surface area contributed by atoms with Crippen molar-refractivity contribution in [3.63, 3.8) is 0 Å². The molecular weight excluding hydrogens is 184 g/mol. The van der Waals surface area contributed by atoms with Gasteiger partial charge in [-0.1, -0.05) is 0 Å². The van der Waals surface area contributed by atoms with Crippen molar-refractivity contribution < 1.29 is 14.6 Å². The Kier molecular flexibility index (Phi) is 4.87. The summed E-state index contributed by atoms with van der Waals surface area (Å²) in [5.41, 5.74) is 4.70. The Morgan fingerprint density at radius 3 is 2.43 bits per heavy atom. The lowest BCUT2D eigenvalue weighted by molar-refractivity contribution is 0.0443. The molecule has 4 N–H and O–H groups in total. The molecule has 0 aromatic carbocycles. The zero-order valence-corrected chi connectivity index (χ0v) is 9.20. The first kappa shape index (κ1) is 13.2. The van der Waals surface area contributed by atoms with E-state index < -0.39 is 23.8 Å². The molecule has 5 heteroatoms. The first-order chi connectivity index (χ1) is 6.26. The Morgan fingerprint density at radius 2 is 2.07 bits per heavy atom. The minimum atomic E-state index is -0.748. The number of nitrogens with one attached hydrogen (secondary N) is 1. The smallest absolute Gasteiger partial charge is 0.407 e. The molecule has 0 spiro atoms. The highest BCUT2D eigenvalue weighted by molar-refractivity contribution is 5.68. The predicted molar refractivity (Wildman–Crippen MR) is 53.9 cm³/mol. The summed E-state index contributed by atoms with van der Waals surface area (Å²) in [6.45, 7) is 7.10. The van der Waals surface area contributed by atoms with Crippen molar-refractivity contribution in [2.24, 2.45) is 5.73 Å². The Hall–Kier alpha value is -0.810. The van der Waals surface area contributed by atoms with E-state index in [2.05, 4.69) is 5.32 Å². The molecule has 0 rings (SSSR count). The molecule has 1 amide bonds. The van der Waals surface area contributed by atoms with Gasteiger partial charge in [-0.05, 0) is 27.7 Å². The molecule has 0 aliphatic rings. The monoisotopic (exact) mass is 204 g/mol. The molecule has 5 nitrogen and oxygen atoms in total. The topological polar surface area (TPSA) is 84.6 Å². The lowest BCUT2D eigenvalue weighted by Crippen LogP contribution is -2.46. The summed E-state index contributed by atoms with van der Waals surface area (Å²) in [7, 11) is 0. The van der Waals surface area contributed by atoms with Crippen LogP contribution in [-0.2, 0) is 4.74 Å². The summed E-state index contributed by atoms with van der Waals surface area (Å²) in [5.74, 6) is 0. The summed E-state index contributed by atoms with van der Waals surface area (Å²) in [6.07, 6.45) is -1.29. The number of hydrogen-bond donors (Lipinski definition) is 3. The Morgan fingerprint density at radius 1 is 1.57 bits per heavy atom. The lowest BCUT2D eigenvalue weighted by Gasteiger charge is -2.23. The van der Waals surface area contributed by atoms with Gasteiger partial charge in [-0.2, -0.15) is 0 Å². The highest BCUT2D eigenvalue weighted by atomic mass is 16.6. The molecular formula is C9H20N2O3. The highest BCUT2D eigenvalue weighted by Gasteiger charge is 2.20. The van der Waals surface area contributed by atoms with Crippen molar-refractivity contribution in [1.29, 1.82) is 0 Å². The second-order valence-electron chi connectivity index (χ2n) is 4.24. The van der Waals surface area contributed by atoms with Gasteiger partial charge in [0.15, 0.2) is 0 Å². The highest BCUT2D eigenvalue weighted by Crippen LogP contribution is 2.06. The number of carbonyl (C=O) groups excluding carboxylic acids is 1. The molecule has 0 radical (unpaired) electrons. The van der Waals surface area contributed by atoms with Crippen molar-refractivity contribution >= 4 is 6.09 Å². The van der Waals surface area contributed by atoms with E-state index in [0.29, 0.717) is 0 Å². The van der Waals surface area contributed by atoms with Crippen LogP contribution in [0.25, 0.3) is 0 Å². The van der Waals surface area contributed by atoms with Crippen molar-refractivity contribution in [2.75, 3.05) is 6.54 Å². The fourth-order valence-electron chi connectivity index (χ4n) is 0.794. The Balaban J connectivity index is 3.95. The average molecular weight is 204 g/mol. The van der Waals surface area contributed by atoms with Crippen molar-refractivity contribution in [3.05, 3.63) is 0 Å². The van der Waals surface area contributed by atoms with E-state index in [1.807, 2.05) is 0 Å². The van der Waals surface area contributed by atoms with Crippen LogP contribution in [0.2, 0.25) is 0 Å². The summed E-state index contributed by atoms with van der Waals surface area (Å²) in [5, 5.41) is 11.8. The van der Waals surface area contributed by atoms with Crippen LogP contribution in [0.1, 0.15) is 27.7 Å². The molecule has 0 heterocycles. The molecule has 2 atom stereocenters. The van der Waals surface area contributed by atoms with Crippen LogP contribution >= 0.6 is 0 Å². The third-order valence-electron chi connectivity index (χ3n) is 1.56. The molecule has 14 heavy (non-hydrogen) atoms. The molecule has 0 fully saturated rings. The maximum Gasteiger partial charge on any atom is 0.407 e. The van der Waals surface area contributed by atoms with E-state index >= 15 is 0 Å². The maximum atomic E-state index is 11.2. The van der Waals surface area contributed by atoms with Crippen LogP contribution in [0.15, 0.2) is 0 Å². The normalized spacial score (nSPS) is 15.9. The second kappa shape index (κ2) is 5.17. The number of aliphatic hydroxyl groups is 1. The second-order valence-corrected chi connectivity index (χ2v) is 4.24. The number of aliphatic hydroxyl groups excluding tert-OH is 1. The largest absolute Gasteiger partial charge is 0.444 e. The number of alkyl carbamates (subject to hydrolysis) is 1. The number of hydrogen-bond acceptors (Lipinski definition) is 4. The van der Waals surface area contributed by atoms with Crippen LogP contribution in [0.5, 0.6) is 0 Å². The van der Waals surface area contributed by atoms with E-state index in [4.69, 9.17) is 10.5 Å². The number of rotatable bonds is 3. The van der Waals surface area contributed by atoms with Gasteiger partial charge in [0, 0.05) is 6.54 Å². The predicted octanol–water partition coefficient (Wildman–Crippen LogP) is 0.219. The zero-order valence-electron chi connectivity index (χ0n) is 9.20. The molecule has 0 saturated heterocycles. The van der Waals surface area contributed by atoms with Crippen LogP contribution in [0, 0.1) is 0 Å². The van der Waals surface area contributed by atoms with E-state index in [1.165, 1.54) is 0 Å². The van der Waals surface area contributed by atoms with Crippen molar-refractivity contribution in [1.82, 2.24) is 5.32 Å². The standard InChI is InChI=1S/C9H20N2O3/c1-6(7(12)5-10)11-8(13)14-9(2,3)4/h6-7,12H,5,10H2,1-4H3,(H,11,13)/t6-,7?/m0/s1. The summed E-state index contributed by atoms with van der Waals surface area (Å²) in [4.78, 5) is 11.2. The quantitative estimate of drug-likeness (QED) is 0.614. The average Bonchev–Trinajstić information content (AvgIpc) is 1.99. The minimum absolute atomic E-state index is 0.108. The molecule has 0 aromatic heterocycles. The molecule has 0 saturated carbocycles. The fraction of sp³-hybridized carbons (Fsp3) is 0.889. The van der Waals surface area contributed by atoms with Crippen LogP contribution in [-0.4, -0.2) is 35.5 Å². The van der Waals surface area contributed by atoms with Gasteiger partial charge in [-0.15, -0.1) is 0 Å². The number of amides is 1. The van der Waals surface area contributed by atoms with E-state index in [9.17, 15) is 9.90 Å². The summed E-state index contributed by atoms with van der Waals surface area (Å²) >= 11 is 0. The molecule has 1 unspecified atom stereocenters. The van der Waals surface area contributed by atoms with Crippen LogP contribution in [0.3, 0.4) is 0 Å². The molecule has 0 aromatic rings. The van der Waals surface area contributed by atoms with Gasteiger partial charge in [0.25, 0.3) is 0 Å². The van der Waals surface area contributed by atoms with Gasteiger partial charge in [0.1, 0.15) is 5.60 Å². The van der Waals surface area contributed by atoms with Crippen LogP contribution < -0.4 is 11.1 Å². The first-order valence-corrected chi connectivity index (χ1v) is 4.64. The number of carbonyl (C=O) groups is 1. The first-order valence-electron chi connectivity index (χ1n) is 4.64. The van der Waals surface area contributed by atoms with E-state index in [1.54, 1.807) is 27.7 Å². The van der Waals surface area contributed by atoms with Gasteiger partial charge in [0.2, 0.25) is 0 Å². The summed E-state index contributed by atoms with van der Waals surface area (Å²) in [6, 6.07) is -0.408. The zero-order chi connectivity index (χ0) is 11.4. The van der Waals surface area contributed by atoms with Gasteiger partial charge < -0.3 is 20.9 Å². The molecule has 0 aliphatic carbocycles. The van der Waals surface area contributed by atoms with Crippen molar-refractivity contribution in [2.45, 2.75) is 45.4 Å². The third-order valence-corrected chi connectivity index (χ3v) is 1.56.